The predicted molar refractivity (Wildman–Crippen MR) is 38.3 cm³/mol. The molecule has 0 heterocycles. The molecule has 0 radical (unpaired) electrons. The highest BCUT2D eigenvalue weighted by Gasteiger charge is 2.27. The molecule has 0 atom stereocenters. The lowest BCUT2D eigenvalue weighted by Gasteiger charge is -2.00. The third-order valence-corrected chi connectivity index (χ3v) is 2.06. The first kappa shape index (κ1) is 7.65. The summed E-state index contributed by atoms with van der Waals surface area (Å²) in [7, 11) is 0. The van der Waals surface area contributed by atoms with E-state index in [4.69, 9.17) is 0 Å². The van der Waals surface area contributed by atoms with Crippen LogP contribution in [0.3, 0.4) is 0 Å². The van der Waals surface area contributed by atoms with Gasteiger partial charge in [0.1, 0.15) is 5.82 Å². The molecule has 64 valence electrons. The molecule has 1 aliphatic rings. The Morgan fingerprint density at radius 3 is 2.08 bits per heavy atom. The summed E-state index contributed by atoms with van der Waals surface area (Å²) in [5, 5.41) is 0. The zero-order valence-electron chi connectivity index (χ0n) is 6.28. The summed E-state index contributed by atoms with van der Waals surface area (Å²) in [4.78, 5) is 0. The van der Waals surface area contributed by atoms with Gasteiger partial charge in [-0.05, 0) is 30.4 Å². The van der Waals surface area contributed by atoms with Crippen molar-refractivity contribution in [2.24, 2.45) is 0 Å². The van der Waals surface area contributed by atoms with Crippen LogP contribution < -0.4 is 0 Å². The van der Waals surface area contributed by atoms with Crippen molar-refractivity contribution in [1.29, 1.82) is 0 Å². The molecule has 1 saturated carbocycles. The van der Waals surface area contributed by atoms with E-state index in [1.54, 1.807) is 0 Å². The topological polar surface area (TPSA) is 0 Å². The van der Waals surface area contributed by atoms with Gasteiger partial charge in [0.2, 0.25) is 0 Å². The van der Waals surface area contributed by atoms with E-state index in [2.05, 4.69) is 0 Å². The highest BCUT2D eigenvalue weighted by molar-refractivity contribution is 5.26. The summed E-state index contributed by atoms with van der Waals surface area (Å²) >= 11 is 0. The number of rotatable bonds is 1. The monoisotopic (exact) mass is 172 g/mol. The Morgan fingerprint density at radius 1 is 0.917 bits per heavy atom. The first-order chi connectivity index (χ1) is 5.68. The molecule has 2 rings (SSSR count). The highest BCUT2D eigenvalue weighted by atomic mass is 19.2. The SMILES string of the molecule is Fc1cc(F)c(C2CC2)cc1F. The Kier molecular flexibility index (Phi) is 1.60. The van der Waals surface area contributed by atoms with Crippen molar-refractivity contribution in [3.8, 4) is 0 Å². The van der Waals surface area contributed by atoms with Crippen LogP contribution in [-0.4, -0.2) is 0 Å². The number of hydrogen-bond donors (Lipinski definition) is 0. The Bertz CT molecular complexity index is 316. The quantitative estimate of drug-likeness (QED) is 0.571. The molecule has 0 unspecified atom stereocenters. The molecule has 3 heteroatoms. The van der Waals surface area contributed by atoms with Crippen molar-refractivity contribution < 1.29 is 13.2 Å². The molecule has 1 aromatic rings. The fraction of sp³-hybridized carbons (Fsp3) is 0.333. The number of hydrogen-bond acceptors (Lipinski definition) is 0. The Labute approximate surface area is 68.0 Å². The van der Waals surface area contributed by atoms with Crippen molar-refractivity contribution in [2.75, 3.05) is 0 Å². The van der Waals surface area contributed by atoms with Crippen LogP contribution in [0.4, 0.5) is 13.2 Å². The zero-order valence-corrected chi connectivity index (χ0v) is 6.28. The van der Waals surface area contributed by atoms with Crippen LogP contribution in [0.1, 0.15) is 24.3 Å². The van der Waals surface area contributed by atoms with Crippen LogP contribution in [-0.2, 0) is 0 Å². The van der Waals surface area contributed by atoms with E-state index in [1.165, 1.54) is 0 Å². The second kappa shape index (κ2) is 2.51. The van der Waals surface area contributed by atoms with Crippen LogP contribution in [0, 0.1) is 17.5 Å². The molecule has 0 aliphatic heterocycles. The van der Waals surface area contributed by atoms with E-state index in [0.29, 0.717) is 11.6 Å². The van der Waals surface area contributed by atoms with E-state index < -0.39 is 17.5 Å². The first-order valence-electron chi connectivity index (χ1n) is 3.83. The molecule has 1 aliphatic carbocycles. The van der Waals surface area contributed by atoms with Crippen molar-refractivity contribution in [3.05, 3.63) is 35.1 Å². The van der Waals surface area contributed by atoms with Gasteiger partial charge < -0.3 is 0 Å². The molecule has 1 fully saturated rings. The van der Waals surface area contributed by atoms with Gasteiger partial charge in [-0.25, -0.2) is 13.2 Å². The molecule has 12 heavy (non-hydrogen) atoms. The smallest absolute Gasteiger partial charge is 0.161 e. The van der Waals surface area contributed by atoms with Crippen molar-refractivity contribution in [2.45, 2.75) is 18.8 Å². The van der Waals surface area contributed by atoms with Crippen LogP contribution in [0.2, 0.25) is 0 Å². The molecule has 0 bridgehead atoms. The van der Waals surface area contributed by atoms with Crippen molar-refractivity contribution >= 4 is 0 Å². The van der Waals surface area contributed by atoms with Gasteiger partial charge in [0, 0.05) is 6.07 Å². The van der Waals surface area contributed by atoms with Crippen LogP contribution >= 0.6 is 0 Å². The molecule has 0 nitrogen and oxygen atoms in total. The summed E-state index contributed by atoms with van der Waals surface area (Å²) in [5.41, 5.74) is 0.314. The molecule has 0 aromatic heterocycles. The van der Waals surface area contributed by atoms with E-state index in [-0.39, 0.29) is 5.92 Å². The molecule has 1 aromatic carbocycles. The summed E-state index contributed by atoms with van der Waals surface area (Å²) < 4.78 is 37.9. The molecule has 0 spiro atoms. The minimum atomic E-state index is -1.11. The number of benzene rings is 1. The van der Waals surface area contributed by atoms with E-state index in [9.17, 15) is 13.2 Å². The first-order valence-corrected chi connectivity index (χ1v) is 3.83. The van der Waals surface area contributed by atoms with Gasteiger partial charge in [-0.15, -0.1) is 0 Å². The van der Waals surface area contributed by atoms with Crippen LogP contribution in [0.5, 0.6) is 0 Å². The van der Waals surface area contributed by atoms with Crippen molar-refractivity contribution in [1.82, 2.24) is 0 Å². The van der Waals surface area contributed by atoms with Gasteiger partial charge in [-0.3, -0.25) is 0 Å². The summed E-state index contributed by atoms with van der Waals surface area (Å²) in [6, 6.07) is 1.57. The summed E-state index contributed by atoms with van der Waals surface area (Å²) in [5.74, 6) is -2.59. The second-order valence-electron chi connectivity index (χ2n) is 3.06. The second-order valence-corrected chi connectivity index (χ2v) is 3.06. The fourth-order valence-corrected chi connectivity index (χ4v) is 1.25. The molecule has 0 amide bonds. The Hall–Kier alpha value is -0.990. The predicted octanol–water partition coefficient (Wildman–Crippen LogP) is 2.98. The largest absolute Gasteiger partial charge is 0.207 e. The minimum Gasteiger partial charge on any atom is -0.207 e. The maximum Gasteiger partial charge on any atom is 0.161 e. The Balaban J connectivity index is 2.47. The lowest BCUT2D eigenvalue weighted by Crippen LogP contribution is -1.92. The van der Waals surface area contributed by atoms with Gasteiger partial charge in [-0.2, -0.15) is 0 Å². The molecule has 0 N–H and O–H groups in total. The van der Waals surface area contributed by atoms with Crippen molar-refractivity contribution in [3.63, 3.8) is 0 Å². The van der Waals surface area contributed by atoms with E-state index in [0.717, 1.165) is 18.9 Å². The number of halogens is 3. The fourth-order valence-electron chi connectivity index (χ4n) is 1.25. The van der Waals surface area contributed by atoms with Crippen LogP contribution in [0.25, 0.3) is 0 Å². The normalized spacial score (nSPS) is 16.6. The third kappa shape index (κ3) is 1.19. The average molecular weight is 172 g/mol. The molecular weight excluding hydrogens is 165 g/mol. The van der Waals surface area contributed by atoms with Gasteiger partial charge >= 0.3 is 0 Å². The lowest BCUT2D eigenvalue weighted by molar-refractivity contribution is 0.490. The minimum absolute atomic E-state index is 0.111. The van der Waals surface area contributed by atoms with E-state index in [1.807, 2.05) is 0 Å². The standard InChI is InChI=1S/C9H7F3/c10-7-4-9(12)8(11)3-6(7)5-1-2-5/h3-5H,1-2H2. The molecular formula is C9H7F3. The maximum absolute atomic E-state index is 12.9. The van der Waals surface area contributed by atoms with Gasteiger partial charge in [0.15, 0.2) is 11.6 Å². The zero-order chi connectivity index (χ0) is 8.72. The average Bonchev–Trinajstić information content (AvgIpc) is 2.79. The van der Waals surface area contributed by atoms with Crippen LogP contribution in [0.15, 0.2) is 12.1 Å². The Morgan fingerprint density at radius 2 is 1.50 bits per heavy atom. The third-order valence-electron chi connectivity index (χ3n) is 2.06. The van der Waals surface area contributed by atoms with Gasteiger partial charge in [0.25, 0.3) is 0 Å². The van der Waals surface area contributed by atoms with Gasteiger partial charge in [0.05, 0.1) is 0 Å². The summed E-state index contributed by atoms with van der Waals surface area (Å²) in [6.45, 7) is 0. The maximum atomic E-state index is 12.9. The van der Waals surface area contributed by atoms with E-state index >= 15 is 0 Å². The lowest BCUT2D eigenvalue weighted by atomic mass is 10.1. The summed E-state index contributed by atoms with van der Waals surface area (Å²) in [6.07, 6.45) is 1.75. The molecule has 0 saturated heterocycles. The van der Waals surface area contributed by atoms with Gasteiger partial charge in [-0.1, -0.05) is 0 Å². The highest BCUT2D eigenvalue weighted by Crippen LogP contribution is 2.41.